The quantitative estimate of drug-likeness (QED) is 0.846. The highest BCUT2D eigenvalue weighted by atomic mass is 32.2. The first-order valence-corrected chi connectivity index (χ1v) is 8.75. The normalized spacial score (nSPS) is 30.5. The predicted octanol–water partition coefficient (Wildman–Crippen LogP) is 2.84. The van der Waals surface area contributed by atoms with Crippen LogP contribution in [0.15, 0.2) is 0 Å². The Morgan fingerprint density at radius 1 is 1.28 bits per heavy atom. The van der Waals surface area contributed by atoms with E-state index in [0.29, 0.717) is 5.41 Å². The van der Waals surface area contributed by atoms with Gasteiger partial charge >= 0.3 is 0 Å². The second-order valence-electron chi connectivity index (χ2n) is 6.70. The van der Waals surface area contributed by atoms with Gasteiger partial charge in [-0.1, -0.05) is 13.8 Å². The van der Waals surface area contributed by atoms with E-state index in [-0.39, 0.29) is 0 Å². The standard InChI is InChI=1S/C15H30N2S/c1-15(2)7-11-18-12-14(15)17-9-5-13(6-10-17)4-8-16-3/h13-14,16H,4-12H2,1-3H3. The van der Waals surface area contributed by atoms with E-state index in [1.54, 1.807) is 0 Å². The van der Waals surface area contributed by atoms with Gasteiger partial charge in [-0.15, -0.1) is 0 Å². The third-order valence-electron chi connectivity index (χ3n) is 4.96. The lowest BCUT2D eigenvalue weighted by molar-refractivity contribution is 0.0627. The van der Waals surface area contributed by atoms with Crippen LogP contribution in [0.5, 0.6) is 0 Å². The molecule has 0 aromatic heterocycles. The molecule has 106 valence electrons. The zero-order valence-corrected chi connectivity index (χ0v) is 13.2. The SMILES string of the molecule is CNCCC1CCN(C2CSCCC2(C)C)CC1. The Balaban J connectivity index is 1.81. The van der Waals surface area contributed by atoms with Crippen molar-refractivity contribution in [2.24, 2.45) is 11.3 Å². The van der Waals surface area contributed by atoms with Crippen LogP contribution in [-0.4, -0.2) is 49.1 Å². The number of likely N-dealkylation sites (tertiary alicyclic amines) is 1. The van der Waals surface area contributed by atoms with Gasteiger partial charge in [-0.05, 0) is 69.5 Å². The van der Waals surface area contributed by atoms with E-state index in [1.165, 1.54) is 56.8 Å². The van der Waals surface area contributed by atoms with Crippen molar-refractivity contribution in [3.8, 4) is 0 Å². The summed E-state index contributed by atoms with van der Waals surface area (Å²) in [5.74, 6) is 3.68. The Morgan fingerprint density at radius 2 is 2.00 bits per heavy atom. The van der Waals surface area contributed by atoms with Gasteiger partial charge in [-0.25, -0.2) is 0 Å². The summed E-state index contributed by atoms with van der Waals surface area (Å²) in [6.45, 7) is 8.82. The van der Waals surface area contributed by atoms with Crippen molar-refractivity contribution < 1.29 is 0 Å². The van der Waals surface area contributed by atoms with Crippen molar-refractivity contribution in [1.82, 2.24) is 10.2 Å². The minimum absolute atomic E-state index is 0.531. The van der Waals surface area contributed by atoms with E-state index in [0.717, 1.165) is 12.0 Å². The minimum atomic E-state index is 0.531. The Bertz CT molecular complexity index is 247. The molecule has 2 aliphatic rings. The highest BCUT2D eigenvalue weighted by Gasteiger charge is 2.37. The van der Waals surface area contributed by atoms with Crippen LogP contribution < -0.4 is 5.32 Å². The zero-order valence-electron chi connectivity index (χ0n) is 12.4. The van der Waals surface area contributed by atoms with Gasteiger partial charge in [0.1, 0.15) is 0 Å². The fourth-order valence-electron chi connectivity index (χ4n) is 3.42. The minimum Gasteiger partial charge on any atom is -0.320 e. The van der Waals surface area contributed by atoms with E-state index in [4.69, 9.17) is 0 Å². The lowest BCUT2D eigenvalue weighted by atomic mass is 9.80. The summed E-state index contributed by atoms with van der Waals surface area (Å²) >= 11 is 2.16. The molecule has 0 bridgehead atoms. The summed E-state index contributed by atoms with van der Waals surface area (Å²) in [7, 11) is 2.07. The molecule has 0 spiro atoms. The average molecular weight is 270 g/mol. The molecular weight excluding hydrogens is 240 g/mol. The van der Waals surface area contributed by atoms with Gasteiger partial charge in [-0.2, -0.15) is 11.8 Å². The Morgan fingerprint density at radius 3 is 2.61 bits per heavy atom. The summed E-state index contributed by atoms with van der Waals surface area (Å²) in [5, 5.41) is 3.29. The molecule has 1 atom stereocenters. The molecule has 0 aromatic carbocycles. The number of rotatable bonds is 4. The smallest absolute Gasteiger partial charge is 0.0237 e. The lowest BCUT2D eigenvalue weighted by Gasteiger charge is -2.47. The molecule has 18 heavy (non-hydrogen) atoms. The van der Waals surface area contributed by atoms with Gasteiger partial charge in [0.05, 0.1) is 0 Å². The highest BCUT2D eigenvalue weighted by Crippen LogP contribution is 2.38. The van der Waals surface area contributed by atoms with Crippen LogP contribution in [-0.2, 0) is 0 Å². The second-order valence-corrected chi connectivity index (χ2v) is 7.85. The molecule has 0 aliphatic carbocycles. The molecule has 2 fully saturated rings. The Labute approximate surface area is 117 Å². The third-order valence-corrected chi connectivity index (χ3v) is 6.01. The number of hydrogen-bond acceptors (Lipinski definition) is 3. The maximum absolute atomic E-state index is 3.29. The van der Waals surface area contributed by atoms with Crippen molar-refractivity contribution in [3.05, 3.63) is 0 Å². The molecule has 2 rings (SSSR count). The fourth-order valence-corrected chi connectivity index (χ4v) is 5.15. The van der Waals surface area contributed by atoms with Gasteiger partial charge in [0, 0.05) is 11.8 Å². The first kappa shape index (κ1) is 14.7. The number of hydrogen-bond donors (Lipinski definition) is 1. The molecule has 0 saturated carbocycles. The lowest BCUT2D eigenvalue weighted by Crippen LogP contribution is -2.52. The molecule has 1 unspecified atom stereocenters. The average Bonchev–Trinajstić information content (AvgIpc) is 2.37. The molecule has 2 nitrogen and oxygen atoms in total. The topological polar surface area (TPSA) is 15.3 Å². The van der Waals surface area contributed by atoms with Crippen LogP contribution in [0.2, 0.25) is 0 Å². The van der Waals surface area contributed by atoms with Gasteiger partial charge in [0.25, 0.3) is 0 Å². The Hall–Kier alpha value is 0.270. The van der Waals surface area contributed by atoms with Gasteiger partial charge < -0.3 is 5.32 Å². The van der Waals surface area contributed by atoms with Gasteiger partial charge in [-0.3, -0.25) is 4.90 Å². The van der Waals surface area contributed by atoms with E-state index in [9.17, 15) is 0 Å². The summed E-state index contributed by atoms with van der Waals surface area (Å²) < 4.78 is 0. The van der Waals surface area contributed by atoms with Crippen LogP contribution in [0, 0.1) is 11.3 Å². The monoisotopic (exact) mass is 270 g/mol. The molecule has 0 amide bonds. The molecule has 0 radical (unpaired) electrons. The maximum Gasteiger partial charge on any atom is 0.0237 e. The molecular formula is C15H30N2S. The van der Waals surface area contributed by atoms with Crippen molar-refractivity contribution in [2.75, 3.05) is 38.2 Å². The second kappa shape index (κ2) is 6.62. The summed E-state index contributed by atoms with van der Waals surface area (Å²) in [5.41, 5.74) is 0.531. The zero-order chi connectivity index (χ0) is 13.0. The summed E-state index contributed by atoms with van der Waals surface area (Å²) in [6, 6.07) is 0.821. The fraction of sp³-hybridized carbons (Fsp3) is 1.00. The molecule has 2 saturated heterocycles. The van der Waals surface area contributed by atoms with E-state index in [1.807, 2.05) is 0 Å². The number of nitrogens with zero attached hydrogens (tertiary/aromatic N) is 1. The first-order valence-electron chi connectivity index (χ1n) is 7.60. The summed E-state index contributed by atoms with van der Waals surface area (Å²) in [4.78, 5) is 2.79. The van der Waals surface area contributed by atoms with E-state index >= 15 is 0 Å². The largest absolute Gasteiger partial charge is 0.320 e. The molecule has 3 heteroatoms. The number of thioether (sulfide) groups is 1. The Kier molecular flexibility index (Phi) is 5.40. The maximum atomic E-state index is 3.29. The van der Waals surface area contributed by atoms with E-state index in [2.05, 4.69) is 42.9 Å². The van der Waals surface area contributed by atoms with Crippen LogP contribution >= 0.6 is 11.8 Å². The van der Waals surface area contributed by atoms with Crippen LogP contribution in [0.1, 0.15) is 39.5 Å². The highest BCUT2D eigenvalue weighted by molar-refractivity contribution is 7.99. The van der Waals surface area contributed by atoms with Crippen molar-refractivity contribution >= 4 is 11.8 Å². The van der Waals surface area contributed by atoms with Crippen molar-refractivity contribution in [1.29, 1.82) is 0 Å². The van der Waals surface area contributed by atoms with Crippen LogP contribution in [0.25, 0.3) is 0 Å². The predicted molar refractivity (Wildman–Crippen MR) is 82.4 cm³/mol. The van der Waals surface area contributed by atoms with E-state index < -0.39 is 0 Å². The van der Waals surface area contributed by atoms with Crippen LogP contribution in [0.4, 0.5) is 0 Å². The first-order chi connectivity index (χ1) is 8.63. The molecule has 1 N–H and O–H groups in total. The van der Waals surface area contributed by atoms with Crippen LogP contribution in [0.3, 0.4) is 0 Å². The number of piperidine rings is 1. The molecule has 0 aromatic rings. The molecule has 2 heterocycles. The molecule has 2 aliphatic heterocycles. The van der Waals surface area contributed by atoms with Crippen molar-refractivity contribution in [2.45, 2.75) is 45.6 Å². The third kappa shape index (κ3) is 3.64. The van der Waals surface area contributed by atoms with Gasteiger partial charge in [0.2, 0.25) is 0 Å². The van der Waals surface area contributed by atoms with Gasteiger partial charge in [0.15, 0.2) is 0 Å². The van der Waals surface area contributed by atoms with Crippen molar-refractivity contribution in [3.63, 3.8) is 0 Å². The number of nitrogens with one attached hydrogen (secondary N) is 1. The summed E-state index contributed by atoms with van der Waals surface area (Å²) in [6.07, 6.45) is 5.59.